The van der Waals surface area contributed by atoms with Crippen LogP contribution in [0.4, 0.5) is 0 Å². The minimum Gasteiger partial charge on any atom is -0.493 e. The van der Waals surface area contributed by atoms with Gasteiger partial charge in [-0.15, -0.1) is 0 Å². The molecule has 0 aliphatic rings. The van der Waals surface area contributed by atoms with Gasteiger partial charge in [0.2, 0.25) is 5.75 Å². The maximum atomic E-state index is 12.3. The molecule has 0 spiro atoms. The predicted octanol–water partition coefficient (Wildman–Crippen LogP) is 3.00. The van der Waals surface area contributed by atoms with Crippen molar-refractivity contribution in [1.82, 2.24) is 4.98 Å². The molecule has 0 N–H and O–H groups in total. The summed E-state index contributed by atoms with van der Waals surface area (Å²) in [5, 5.41) is 0. The average Bonchev–Trinajstić information content (AvgIpc) is 2.59. The molecule has 5 nitrogen and oxygen atoms in total. The number of ketones is 1. The van der Waals surface area contributed by atoms with Crippen molar-refractivity contribution in [2.75, 3.05) is 21.3 Å². The van der Waals surface area contributed by atoms with E-state index in [-0.39, 0.29) is 5.78 Å². The highest BCUT2D eigenvalue weighted by Gasteiger charge is 2.15. The van der Waals surface area contributed by atoms with Crippen LogP contribution < -0.4 is 14.2 Å². The number of hydrogen-bond donors (Lipinski definition) is 0. The molecule has 1 aromatic carbocycles. The Hall–Kier alpha value is -2.82. The number of pyridine rings is 1. The van der Waals surface area contributed by atoms with Crippen LogP contribution in [0.2, 0.25) is 0 Å². The van der Waals surface area contributed by atoms with Crippen molar-refractivity contribution < 1.29 is 19.0 Å². The number of benzene rings is 1. The molecule has 1 heterocycles. The van der Waals surface area contributed by atoms with Crippen LogP contribution >= 0.6 is 0 Å². The lowest BCUT2D eigenvalue weighted by molar-refractivity contribution is 0.104. The number of nitrogens with zero attached hydrogens (tertiary/aromatic N) is 1. The van der Waals surface area contributed by atoms with Gasteiger partial charge in [-0.3, -0.25) is 9.78 Å². The minimum atomic E-state index is -0.156. The largest absolute Gasteiger partial charge is 0.493 e. The molecule has 0 amide bonds. The van der Waals surface area contributed by atoms with Crippen LogP contribution in [-0.2, 0) is 0 Å². The zero-order valence-corrected chi connectivity index (χ0v) is 12.7. The summed E-state index contributed by atoms with van der Waals surface area (Å²) in [4.78, 5) is 16.2. The maximum Gasteiger partial charge on any atom is 0.203 e. The van der Waals surface area contributed by atoms with E-state index < -0.39 is 0 Å². The Bertz CT molecular complexity index is 655. The standard InChI is InChI=1S/C17H17NO4/c1-20-15-10-13(11-16(21-2)17(15)22-3)14(19)5-4-12-6-8-18-9-7-12/h4-11H,1-3H3/b5-4+. The molecule has 0 radical (unpaired) electrons. The lowest BCUT2D eigenvalue weighted by atomic mass is 10.1. The van der Waals surface area contributed by atoms with Gasteiger partial charge in [0, 0.05) is 18.0 Å². The van der Waals surface area contributed by atoms with Crippen LogP contribution in [0, 0.1) is 0 Å². The first kappa shape index (κ1) is 15.6. The monoisotopic (exact) mass is 299 g/mol. The third kappa shape index (κ3) is 3.44. The zero-order chi connectivity index (χ0) is 15.9. The summed E-state index contributed by atoms with van der Waals surface area (Å²) in [6, 6.07) is 6.89. The van der Waals surface area contributed by atoms with Crippen molar-refractivity contribution in [2.24, 2.45) is 0 Å². The Balaban J connectivity index is 2.32. The van der Waals surface area contributed by atoms with Gasteiger partial charge in [0.25, 0.3) is 0 Å². The minimum absolute atomic E-state index is 0.156. The van der Waals surface area contributed by atoms with E-state index in [4.69, 9.17) is 14.2 Å². The van der Waals surface area contributed by atoms with Crippen molar-refractivity contribution in [3.63, 3.8) is 0 Å². The summed E-state index contributed by atoms with van der Waals surface area (Å²) in [6.45, 7) is 0. The highest BCUT2D eigenvalue weighted by molar-refractivity contribution is 6.07. The number of hydrogen-bond acceptors (Lipinski definition) is 5. The van der Waals surface area contributed by atoms with Crippen LogP contribution in [-0.4, -0.2) is 32.1 Å². The van der Waals surface area contributed by atoms with Gasteiger partial charge in [-0.1, -0.05) is 6.08 Å². The van der Waals surface area contributed by atoms with Gasteiger partial charge in [0.05, 0.1) is 21.3 Å². The van der Waals surface area contributed by atoms with Crippen molar-refractivity contribution in [2.45, 2.75) is 0 Å². The number of allylic oxidation sites excluding steroid dienone is 1. The molecule has 0 aliphatic heterocycles. The Morgan fingerprint density at radius 3 is 2.09 bits per heavy atom. The van der Waals surface area contributed by atoms with Crippen molar-refractivity contribution >= 4 is 11.9 Å². The molecule has 22 heavy (non-hydrogen) atoms. The lowest BCUT2D eigenvalue weighted by Gasteiger charge is -2.13. The van der Waals surface area contributed by atoms with Crippen molar-refractivity contribution in [3.8, 4) is 17.2 Å². The highest BCUT2D eigenvalue weighted by Crippen LogP contribution is 2.38. The number of carbonyl (C=O) groups excluding carboxylic acids is 1. The summed E-state index contributed by atoms with van der Waals surface area (Å²) in [7, 11) is 4.54. The zero-order valence-electron chi connectivity index (χ0n) is 12.7. The van der Waals surface area contributed by atoms with Gasteiger partial charge in [0.1, 0.15) is 0 Å². The van der Waals surface area contributed by atoms with E-state index in [2.05, 4.69) is 4.98 Å². The van der Waals surface area contributed by atoms with Crippen LogP contribution in [0.1, 0.15) is 15.9 Å². The van der Waals surface area contributed by atoms with E-state index >= 15 is 0 Å². The van der Waals surface area contributed by atoms with Crippen LogP contribution in [0.3, 0.4) is 0 Å². The molecule has 0 unspecified atom stereocenters. The van der Waals surface area contributed by atoms with Crippen LogP contribution in [0.5, 0.6) is 17.2 Å². The summed E-state index contributed by atoms with van der Waals surface area (Å²) in [5.74, 6) is 1.20. The van der Waals surface area contributed by atoms with Gasteiger partial charge in [-0.2, -0.15) is 0 Å². The quantitative estimate of drug-likeness (QED) is 0.606. The number of rotatable bonds is 6. The first-order chi connectivity index (χ1) is 10.7. The first-order valence-electron chi connectivity index (χ1n) is 6.62. The molecule has 0 atom stereocenters. The van der Waals surface area contributed by atoms with E-state index in [0.29, 0.717) is 22.8 Å². The fourth-order valence-corrected chi connectivity index (χ4v) is 1.97. The number of methoxy groups -OCH3 is 3. The molecule has 2 rings (SSSR count). The van der Waals surface area contributed by atoms with Gasteiger partial charge < -0.3 is 14.2 Å². The van der Waals surface area contributed by atoms with E-state index in [9.17, 15) is 4.79 Å². The Kier molecular flexibility index (Phi) is 5.14. The van der Waals surface area contributed by atoms with Gasteiger partial charge in [-0.05, 0) is 35.9 Å². The maximum absolute atomic E-state index is 12.3. The molecular formula is C17H17NO4. The molecule has 0 aliphatic carbocycles. The van der Waals surface area contributed by atoms with Gasteiger partial charge in [-0.25, -0.2) is 0 Å². The van der Waals surface area contributed by atoms with Gasteiger partial charge in [0.15, 0.2) is 17.3 Å². The smallest absolute Gasteiger partial charge is 0.203 e. The molecule has 0 bridgehead atoms. The Morgan fingerprint density at radius 1 is 1.00 bits per heavy atom. The lowest BCUT2D eigenvalue weighted by Crippen LogP contribution is -2.00. The molecule has 5 heteroatoms. The van der Waals surface area contributed by atoms with Crippen molar-refractivity contribution in [3.05, 3.63) is 53.9 Å². The summed E-state index contributed by atoms with van der Waals surface area (Å²) >= 11 is 0. The average molecular weight is 299 g/mol. The van der Waals surface area contributed by atoms with E-state index in [1.165, 1.54) is 27.4 Å². The van der Waals surface area contributed by atoms with E-state index in [0.717, 1.165) is 5.56 Å². The molecular weight excluding hydrogens is 282 g/mol. The molecule has 114 valence electrons. The highest BCUT2D eigenvalue weighted by atomic mass is 16.5. The van der Waals surface area contributed by atoms with E-state index in [1.807, 2.05) is 12.1 Å². The molecule has 1 aromatic heterocycles. The second-order valence-corrected chi connectivity index (χ2v) is 4.39. The van der Waals surface area contributed by atoms with Gasteiger partial charge >= 0.3 is 0 Å². The molecule has 0 saturated heterocycles. The second kappa shape index (κ2) is 7.26. The van der Waals surface area contributed by atoms with Crippen LogP contribution in [0.25, 0.3) is 6.08 Å². The molecule has 0 fully saturated rings. The normalized spacial score (nSPS) is 10.5. The topological polar surface area (TPSA) is 57.7 Å². The van der Waals surface area contributed by atoms with E-state index in [1.54, 1.807) is 30.6 Å². The number of carbonyl (C=O) groups is 1. The third-order valence-corrected chi connectivity index (χ3v) is 3.08. The SMILES string of the molecule is COc1cc(C(=O)/C=C/c2ccncc2)cc(OC)c1OC. The predicted molar refractivity (Wildman–Crippen MR) is 83.7 cm³/mol. The fraction of sp³-hybridized carbons (Fsp3) is 0.176. The molecule has 2 aromatic rings. The second-order valence-electron chi connectivity index (χ2n) is 4.39. The summed E-state index contributed by atoms with van der Waals surface area (Å²) in [5.41, 5.74) is 1.36. The number of aromatic nitrogens is 1. The fourth-order valence-electron chi connectivity index (χ4n) is 1.97. The Labute approximate surface area is 129 Å². The summed E-state index contributed by atoms with van der Waals surface area (Å²) < 4.78 is 15.7. The first-order valence-corrected chi connectivity index (χ1v) is 6.62. The Morgan fingerprint density at radius 2 is 1.59 bits per heavy atom. The summed E-state index contributed by atoms with van der Waals surface area (Å²) in [6.07, 6.45) is 6.57. The van der Waals surface area contributed by atoms with Crippen molar-refractivity contribution in [1.29, 1.82) is 0 Å². The van der Waals surface area contributed by atoms with Crippen LogP contribution in [0.15, 0.2) is 42.7 Å². The third-order valence-electron chi connectivity index (χ3n) is 3.08. The molecule has 0 saturated carbocycles. The number of ether oxygens (including phenoxy) is 3.